The van der Waals surface area contributed by atoms with Gasteiger partial charge in [0.1, 0.15) is 6.21 Å². The Kier molecular flexibility index (Phi) is 3.31. The van der Waals surface area contributed by atoms with Crippen LogP contribution in [0.3, 0.4) is 0 Å². The summed E-state index contributed by atoms with van der Waals surface area (Å²) in [5.74, 6) is 0.703. The van der Waals surface area contributed by atoms with E-state index in [-0.39, 0.29) is 0 Å². The maximum Gasteiger partial charge on any atom is 0.206 e. The van der Waals surface area contributed by atoms with Crippen molar-refractivity contribution in [1.82, 2.24) is 5.32 Å². The molecule has 0 aromatic rings. The average molecular weight is 206 g/mol. The fraction of sp³-hybridized carbons (Fsp3) is 0.667. The summed E-state index contributed by atoms with van der Waals surface area (Å²) >= 11 is 0. The molecule has 0 unspecified atom stereocenters. The molecule has 3 nitrogen and oxygen atoms in total. The Morgan fingerprint density at radius 1 is 1.40 bits per heavy atom. The van der Waals surface area contributed by atoms with E-state index in [0.717, 1.165) is 6.04 Å². The van der Waals surface area contributed by atoms with Crippen LogP contribution in [0.25, 0.3) is 0 Å². The number of rotatable bonds is 2. The number of allylic oxidation sites excluding steroid dienone is 1. The molecule has 0 radical (unpaired) electrons. The van der Waals surface area contributed by atoms with Gasteiger partial charge in [-0.15, -0.1) is 0 Å². The van der Waals surface area contributed by atoms with E-state index in [1.54, 1.807) is 0 Å². The molecule has 0 atom stereocenters. The van der Waals surface area contributed by atoms with Gasteiger partial charge in [0.2, 0.25) is 6.20 Å². The molecule has 1 aliphatic carbocycles. The Hall–Kier alpha value is -0.960. The number of hydrogen-bond donors (Lipinski definition) is 1. The molecule has 15 heavy (non-hydrogen) atoms. The highest BCUT2D eigenvalue weighted by Crippen LogP contribution is 2.22. The van der Waals surface area contributed by atoms with E-state index in [1.807, 2.05) is 10.9 Å². The van der Waals surface area contributed by atoms with Crippen LogP contribution in [0, 0.1) is 5.92 Å². The number of nitrogens with zero attached hydrogens (tertiary/aromatic N) is 2. The van der Waals surface area contributed by atoms with Crippen molar-refractivity contribution >= 4 is 12.4 Å². The number of nitrogens with one attached hydrogen (secondary N) is 1. The zero-order valence-electron chi connectivity index (χ0n) is 9.61. The van der Waals surface area contributed by atoms with Crippen LogP contribution in [-0.4, -0.2) is 30.2 Å². The third kappa shape index (κ3) is 2.75. The molecule has 0 spiro atoms. The van der Waals surface area contributed by atoms with Crippen LogP contribution in [0.5, 0.6) is 0 Å². The van der Waals surface area contributed by atoms with E-state index < -0.39 is 0 Å². The first-order valence-electron chi connectivity index (χ1n) is 5.81. The zero-order chi connectivity index (χ0) is 10.7. The van der Waals surface area contributed by atoms with E-state index >= 15 is 0 Å². The van der Waals surface area contributed by atoms with Crippen molar-refractivity contribution in [2.75, 3.05) is 7.05 Å². The van der Waals surface area contributed by atoms with Gasteiger partial charge in [0, 0.05) is 17.5 Å². The first-order valence-corrected chi connectivity index (χ1v) is 5.81. The van der Waals surface area contributed by atoms with Crippen molar-refractivity contribution in [3.63, 3.8) is 0 Å². The molecule has 0 saturated heterocycles. The molecule has 1 N–H and O–H groups in total. The fourth-order valence-electron chi connectivity index (χ4n) is 2.29. The summed E-state index contributed by atoms with van der Waals surface area (Å²) in [5.41, 5.74) is 1.23. The topological polar surface area (TPSA) is 27.4 Å². The summed E-state index contributed by atoms with van der Waals surface area (Å²) in [5, 5.41) is 7.65. The largest absolute Gasteiger partial charge is 0.317 e. The van der Waals surface area contributed by atoms with Gasteiger partial charge in [-0.05, 0) is 44.8 Å². The highest BCUT2D eigenvalue weighted by atomic mass is 15.4. The zero-order valence-corrected chi connectivity index (χ0v) is 9.61. The van der Waals surface area contributed by atoms with Crippen LogP contribution < -0.4 is 5.32 Å². The Bertz CT molecular complexity index is 307. The molecule has 0 aromatic carbocycles. The minimum Gasteiger partial charge on any atom is -0.317 e. The number of hydrogen-bond acceptors (Lipinski definition) is 2. The van der Waals surface area contributed by atoms with Crippen molar-refractivity contribution in [1.29, 1.82) is 0 Å². The maximum absolute atomic E-state index is 4.29. The van der Waals surface area contributed by atoms with Crippen LogP contribution in [0.15, 0.2) is 16.9 Å². The van der Waals surface area contributed by atoms with Gasteiger partial charge in [-0.25, -0.2) is 0 Å². The molecule has 3 heteroatoms. The van der Waals surface area contributed by atoms with Crippen molar-refractivity contribution in [2.45, 2.75) is 38.6 Å². The summed E-state index contributed by atoms with van der Waals surface area (Å²) in [7, 11) is 2.06. The lowest BCUT2D eigenvalue weighted by Crippen LogP contribution is -2.31. The molecule has 1 heterocycles. The van der Waals surface area contributed by atoms with Gasteiger partial charge in [-0.1, -0.05) is 4.68 Å². The smallest absolute Gasteiger partial charge is 0.206 e. The second-order valence-electron chi connectivity index (χ2n) is 4.55. The van der Waals surface area contributed by atoms with Crippen molar-refractivity contribution < 1.29 is 4.68 Å². The molecular formula is C12H20N3+. The molecule has 0 aromatic heterocycles. The lowest BCUT2D eigenvalue weighted by atomic mass is 9.87. The third-order valence-corrected chi connectivity index (χ3v) is 3.27. The van der Waals surface area contributed by atoms with Gasteiger partial charge < -0.3 is 5.32 Å². The predicted octanol–water partition coefficient (Wildman–Crippen LogP) is 1.75. The SMILES string of the molecule is CNC1CCC(C=[N+]2C=C(C)C=N2)CC1. The fourth-order valence-corrected chi connectivity index (χ4v) is 2.29. The number of hydrazone groups is 1. The average Bonchev–Trinajstić information content (AvgIpc) is 2.65. The molecular weight excluding hydrogens is 186 g/mol. The second-order valence-corrected chi connectivity index (χ2v) is 4.55. The van der Waals surface area contributed by atoms with Crippen LogP contribution in [0.2, 0.25) is 0 Å². The maximum atomic E-state index is 4.29. The quantitative estimate of drug-likeness (QED) is 0.685. The minimum absolute atomic E-state index is 0.703. The molecule has 2 rings (SSSR count). The normalized spacial score (nSPS) is 33.5. The van der Waals surface area contributed by atoms with Gasteiger partial charge in [0.15, 0.2) is 6.21 Å². The summed E-state index contributed by atoms with van der Waals surface area (Å²) in [6.45, 7) is 2.08. The molecule has 82 valence electrons. The Morgan fingerprint density at radius 3 is 2.67 bits per heavy atom. The predicted molar refractivity (Wildman–Crippen MR) is 63.4 cm³/mol. The van der Waals surface area contributed by atoms with E-state index in [9.17, 15) is 0 Å². The summed E-state index contributed by atoms with van der Waals surface area (Å²) < 4.78 is 1.97. The van der Waals surface area contributed by atoms with E-state index in [2.05, 4.69) is 36.8 Å². The summed E-state index contributed by atoms with van der Waals surface area (Å²) in [6, 6.07) is 0.731. The first kappa shape index (κ1) is 10.6. The third-order valence-electron chi connectivity index (χ3n) is 3.27. The molecule has 1 fully saturated rings. The minimum atomic E-state index is 0.703. The highest BCUT2D eigenvalue weighted by molar-refractivity contribution is 5.78. The van der Waals surface area contributed by atoms with Gasteiger partial charge in [-0.2, -0.15) is 0 Å². The van der Waals surface area contributed by atoms with Gasteiger partial charge in [0.25, 0.3) is 0 Å². The van der Waals surface area contributed by atoms with Crippen LogP contribution in [0.4, 0.5) is 0 Å². The summed E-state index contributed by atoms with van der Waals surface area (Å²) in [4.78, 5) is 0. The Balaban J connectivity index is 1.90. The van der Waals surface area contributed by atoms with Gasteiger partial charge >= 0.3 is 0 Å². The van der Waals surface area contributed by atoms with Crippen LogP contribution in [-0.2, 0) is 0 Å². The monoisotopic (exact) mass is 206 g/mol. The summed E-state index contributed by atoms with van der Waals surface area (Å²) in [6.07, 6.45) is 11.4. The van der Waals surface area contributed by atoms with Gasteiger partial charge in [-0.3, -0.25) is 0 Å². The van der Waals surface area contributed by atoms with Crippen LogP contribution in [0.1, 0.15) is 32.6 Å². The standard InChI is InChI=1S/C12H20N3/c1-10-7-14-15(8-10)9-11-3-5-12(13-2)6-4-11/h7-9,11-13H,3-6H2,1-2H3/q+1. The van der Waals surface area contributed by atoms with Crippen molar-refractivity contribution in [3.05, 3.63) is 11.8 Å². The molecule has 0 amide bonds. The lowest BCUT2D eigenvalue weighted by Gasteiger charge is -2.24. The lowest BCUT2D eigenvalue weighted by molar-refractivity contribution is -0.455. The van der Waals surface area contributed by atoms with E-state index in [4.69, 9.17) is 0 Å². The Morgan fingerprint density at radius 2 is 2.13 bits per heavy atom. The van der Waals surface area contributed by atoms with Gasteiger partial charge in [0.05, 0.1) is 0 Å². The van der Waals surface area contributed by atoms with Crippen molar-refractivity contribution in [3.8, 4) is 0 Å². The molecule has 1 aliphatic heterocycles. The highest BCUT2D eigenvalue weighted by Gasteiger charge is 2.22. The van der Waals surface area contributed by atoms with E-state index in [1.165, 1.54) is 31.3 Å². The first-order chi connectivity index (χ1) is 7.28. The molecule has 0 bridgehead atoms. The second kappa shape index (κ2) is 4.71. The van der Waals surface area contributed by atoms with Crippen LogP contribution >= 0.6 is 0 Å². The Labute approximate surface area is 91.6 Å². The van der Waals surface area contributed by atoms with E-state index in [0.29, 0.717) is 5.92 Å². The van der Waals surface area contributed by atoms with Crippen molar-refractivity contribution in [2.24, 2.45) is 11.0 Å². The molecule has 2 aliphatic rings. The molecule has 1 saturated carbocycles.